The van der Waals surface area contributed by atoms with E-state index in [4.69, 9.17) is 9.47 Å². The Kier molecular flexibility index (Phi) is 8.99. The minimum absolute atomic E-state index is 0.0388. The van der Waals surface area contributed by atoms with E-state index in [1.165, 1.54) is 5.57 Å². The van der Waals surface area contributed by atoms with Crippen molar-refractivity contribution in [3.63, 3.8) is 0 Å². The molecule has 2 aliphatic rings. The normalized spacial score (nSPS) is 31.0. The maximum atomic E-state index is 11.5. The van der Waals surface area contributed by atoms with E-state index in [2.05, 4.69) is 19.6 Å². The summed E-state index contributed by atoms with van der Waals surface area (Å²) in [4.78, 5) is 11.5. The number of hydrogen-bond acceptors (Lipinski definition) is 7. The zero-order chi connectivity index (χ0) is 25.9. The van der Waals surface area contributed by atoms with Gasteiger partial charge in [-0.2, -0.15) is 0 Å². The van der Waals surface area contributed by atoms with E-state index in [9.17, 15) is 30.3 Å². The lowest BCUT2D eigenvalue weighted by atomic mass is 9.73. The summed E-state index contributed by atoms with van der Waals surface area (Å²) in [5.74, 6) is -1.39. The monoisotopic (exact) mass is 490 g/mol. The smallest absolute Gasteiger partial charge is 0.335 e. The van der Waals surface area contributed by atoms with E-state index in [1.807, 2.05) is 13.8 Å². The summed E-state index contributed by atoms with van der Waals surface area (Å²) in [6, 6.07) is 3.50. The molecule has 1 heterocycles. The van der Waals surface area contributed by atoms with Gasteiger partial charge in [0.1, 0.15) is 29.8 Å². The fourth-order valence-electron chi connectivity index (χ4n) is 5.00. The van der Waals surface area contributed by atoms with Gasteiger partial charge >= 0.3 is 5.97 Å². The third kappa shape index (κ3) is 6.06. The van der Waals surface area contributed by atoms with Gasteiger partial charge < -0.3 is 35.0 Å². The van der Waals surface area contributed by atoms with Gasteiger partial charge in [-0.3, -0.25) is 0 Å². The largest absolute Gasteiger partial charge is 0.507 e. The van der Waals surface area contributed by atoms with Gasteiger partial charge in [0.25, 0.3) is 0 Å². The van der Waals surface area contributed by atoms with Crippen molar-refractivity contribution in [2.75, 3.05) is 0 Å². The number of aromatic hydroxyl groups is 1. The molecular formula is C27H38O8. The number of phenols is 1. The summed E-state index contributed by atoms with van der Waals surface area (Å²) in [5.41, 5.74) is 3.47. The van der Waals surface area contributed by atoms with Crippen molar-refractivity contribution in [1.82, 2.24) is 0 Å². The van der Waals surface area contributed by atoms with Crippen LogP contribution >= 0.6 is 0 Å². The lowest BCUT2D eigenvalue weighted by Gasteiger charge is -2.39. The van der Waals surface area contributed by atoms with Gasteiger partial charge in [0, 0.05) is 11.5 Å². The van der Waals surface area contributed by atoms with Crippen molar-refractivity contribution >= 4 is 5.97 Å². The molecule has 0 spiro atoms. The number of allylic oxidation sites excluding steroid dienone is 3. The van der Waals surface area contributed by atoms with Crippen molar-refractivity contribution in [2.45, 2.75) is 95.9 Å². The Labute approximate surface area is 206 Å². The number of aliphatic hydroxyl groups is 3. The summed E-state index contributed by atoms with van der Waals surface area (Å²) < 4.78 is 11.4. The summed E-state index contributed by atoms with van der Waals surface area (Å²) in [6.07, 6.45) is -1.09. The van der Waals surface area contributed by atoms with Crippen LogP contribution < -0.4 is 4.74 Å². The molecule has 8 nitrogen and oxygen atoms in total. The van der Waals surface area contributed by atoms with Gasteiger partial charge in [0.15, 0.2) is 6.10 Å². The number of rotatable bonds is 9. The topological polar surface area (TPSA) is 137 Å². The van der Waals surface area contributed by atoms with Crippen LogP contribution in [0.5, 0.6) is 11.5 Å². The molecule has 3 rings (SSSR count). The van der Waals surface area contributed by atoms with Crippen LogP contribution in [0.4, 0.5) is 0 Å². The van der Waals surface area contributed by atoms with Gasteiger partial charge in [-0.05, 0) is 63.1 Å². The van der Waals surface area contributed by atoms with Crippen molar-refractivity contribution in [2.24, 2.45) is 5.92 Å². The van der Waals surface area contributed by atoms with Crippen LogP contribution in [0.15, 0.2) is 35.9 Å². The zero-order valence-corrected chi connectivity index (χ0v) is 20.7. The van der Waals surface area contributed by atoms with Crippen molar-refractivity contribution in [3.05, 3.63) is 47.1 Å². The van der Waals surface area contributed by atoms with E-state index in [0.29, 0.717) is 12.0 Å². The predicted octanol–water partition coefficient (Wildman–Crippen LogP) is 3.41. The number of aryl methyl sites for hydroxylation is 1. The maximum absolute atomic E-state index is 11.5. The Morgan fingerprint density at radius 1 is 1.17 bits per heavy atom. The number of unbranched alkanes of at least 4 members (excludes halogenated alkanes) is 2. The summed E-state index contributed by atoms with van der Waals surface area (Å²) >= 11 is 0. The van der Waals surface area contributed by atoms with Crippen LogP contribution in [0, 0.1) is 5.92 Å². The van der Waals surface area contributed by atoms with Crippen LogP contribution in [0.2, 0.25) is 0 Å². The van der Waals surface area contributed by atoms with Crippen LogP contribution in [0.1, 0.15) is 69.9 Å². The average molecular weight is 491 g/mol. The number of aliphatic carboxylic acids is 1. The van der Waals surface area contributed by atoms with Gasteiger partial charge in [-0.15, -0.1) is 0 Å². The second-order valence-corrected chi connectivity index (χ2v) is 9.87. The van der Waals surface area contributed by atoms with Gasteiger partial charge in [0.2, 0.25) is 6.29 Å². The first kappa shape index (κ1) is 27.2. The first-order valence-electron chi connectivity index (χ1n) is 12.3. The third-order valence-electron chi connectivity index (χ3n) is 7.02. The van der Waals surface area contributed by atoms with Gasteiger partial charge in [-0.25, -0.2) is 4.79 Å². The Morgan fingerprint density at radius 2 is 1.89 bits per heavy atom. The highest BCUT2D eigenvalue weighted by Gasteiger charge is 2.48. The second kappa shape index (κ2) is 11.6. The Balaban J connectivity index is 2.05. The Morgan fingerprint density at radius 3 is 2.51 bits per heavy atom. The summed E-state index contributed by atoms with van der Waals surface area (Å²) in [5, 5.41) is 51.4. The fraction of sp³-hybridized carbons (Fsp3) is 0.593. The second-order valence-electron chi connectivity index (χ2n) is 9.87. The van der Waals surface area contributed by atoms with Crippen molar-refractivity contribution < 1.29 is 39.8 Å². The first-order valence-corrected chi connectivity index (χ1v) is 12.3. The SMILES string of the molecule is C=C(C)[C@@H]1CCC(C)=C[C@H]1c1c(O)cc(CCCCC)cc1OC1O[C@H](C(=O)O)[C@@H](O)[C@H](O)[C@H]1O. The number of carboxylic acid groups (broad SMARTS) is 1. The summed E-state index contributed by atoms with van der Waals surface area (Å²) in [7, 11) is 0. The molecule has 1 unspecified atom stereocenters. The molecule has 0 radical (unpaired) electrons. The minimum atomic E-state index is -1.81. The molecule has 7 atom stereocenters. The molecule has 1 aromatic carbocycles. The molecule has 0 aromatic heterocycles. The molecule has 1 aliphatic heterocycles. The van der Waals surface area contributed by atoms with Crippen LogP contribution in [-0.4, -0.2) is 62.2 Å². The highest BCUT2D eigenvalue weighted by atomic mass is 16.7. The van der Waals surface area contributed by atoms with E-state index >= 15 is 0 Å². The molecular weight excluding hydrogens is 452 g/mol. The molecule has 35 heavy (non-hydrogen) atoms. The molecule has 1 saturated heterocycles. The van der Waals surface area contributed by atoms with Gasteiger partial charge in [0.05, 0.1) is 0 Å². The van der Waals surface area contributed by atoms with Crippen molar-refractivity contribution in [1.29, 1.82) is 0 Å². The van der Waals surface area contributed by atoms with Gasteiger partial charge in [-0.1, -0.05) is 43.6 Å². The lowest BCUT2D eigenvalue weighted by molar-refractivity contribution is -0.271. The molecule has 0 bridgehead atoms. The lowest BCUT2D eigenvalue weighted by Crippen LogP contribution is -2.61. The number of aliphatic hydroxyl groups excluding tert-OH is 3. The standard InChI is InChI=1S/C27H38O8/c1-5-6-7-8-16-12-19(28)21(18-11-15(4)9-10-17(18)14(2)3)20(13-16)34-27-24(31)22(29)23(30)25(35-27)26(32)33/h11-13,17-18,22-25,27-31H,2,5-10H2,1,3-4H3,(H,32,33)/t17-,18+,22-,23-,24+,25-,27?/m0/s1. The first-order chi connectivity index (χ1) is 16.5. The quantitative estimate of drug-likeness (QED) is 0.262. The summed E-state index contributed by atoms with van der Waals surface area (Å²) in [6.45, 7) is 10.2. The highest BCUT2D eigenvalue weighted by molar-refractivity contribution is 5.73. The molecule has 1 aromatic rings. The minimum Gasteiger partial charge on any atom is -0.507 e. The average Bonchev–Trinajstić information content (AvgIpc) is 2.79. The number of carboxylic acids is 1. The van der Waals surface area contributed by atoms with E-state index in [0.717, 1.165) is 43.2 Å². The van der Waals surface area contributed by atoms with E-state index in [1.54, 1.807) is 12.1 Å². The van der Waals surface area contributed by atoms with Crippen molar-refractivity contribution in [3.8, 4) is 11.5 Å². The van der Waals surface area contributed by atoms with Crippen LogP contribution in [0.25, 0.3) is 0 Å². The zero-order valence-electron chi connectivity index (χ0n) is 20.7. The van der Waals surface area contributed by atoms with Crippen LogP contribution in [-0.2, 0) is 16.0 Å². The molecule has 8 heteroatoms. The number of benzene rings is 1. The number of phenolic OH excluding ortho intramolecular Hbond substituents is 1. The molecule has 0 amide bonds. The highest BCUT2D eigenvalue weighted by Crippen LogP contribution is 2.47. The predicted molar refractivity (Wildman–Crippen MR) is 130 cm³/mol. The van der Waals surface area contributed by atoms with E-state index < -0.39 is 36.7 Å². The third-order valence-corrected chi connectivity index (χ3v) is 7.02. The maximum Gasteiger partial charge on any atom is 0.335 e. The van der Waals surface area contributed by atoms with E-state index in [-0.39, 0.29) is 23.3 Å². The fourth-order valence-corrected chi connectivity index (χ4v) is 5.00. The number of ether oxygens (including phenoxy) is 2. The molecule has 1 aliphatic carbocycles. The molecule has 1 fully saturated rings. The Hall–Kier alpha value is -2.39. The molecule has 5 N–H and O–H groups in total. The number of carbonyl (C=O) groups is 1. The molecule has 0 saturated carbocycles. The molecule has 194 valence electrons. The Bertz CT molecular complexity index is 955. The van der Waals surface area contributed by atoms with Crippen LogP contribution in [0.3, 0.4) is 0 Å². The number of hydrogen-bond donors (Lipinski definition) is 5.